The Labute approximate surface area is 118 Å². The van der Waals surface area contributed by atoms with Crippen LogP contribution in [0, 0.1) is 0 Å². The van der Waals surface area contributed by atoms with Crippen LogP contribution in [0.1, 0.15) is 20.3 Å². The van der Waals surface area contributed by atoms with Crippen molar-refractivity contribution < 1.29 is 33.3 Å². The fraction of sp³-hybridized carbons (Fsp3) is 0.727. The molecule has 0 N–H and O–H groups in total. The summed E-state index contributed by atoms with van der Waals surface area (Å²) in [5, 5.41) is -0.507. The van der Waals surface area contributed by atoms with Gasteiger partial charge in [0.05, 0.1) is 7.11 Å². The monoisotopic (exact) mass is 338 g/mol. The van der Waals surface area contributed by atoms with Gasteiger partial charge in [-0.05, 0) is 0 Å². The van der Waals surface area contributed by atoms with E-state index in [0.29, 0.717) is 0 Å². The second-order valence-electron chi connectivity index (χ2n) is 3.95. The molecule has 1 heterocycles. The average Bonchev–Trinajstić information content (AvgIpc) is 2.30. The van der Waals surface area contributed by atoms with Gasteiger partial charge in [0.25, 0.3) is 0 Å². The lowest BCUT2D eigenvalue weighted by atomic mass is 10.0. The molecule has 0 radical (unpaired) electrons. The van der Waals surface area contributed by atoms with Crippen molar-refractivity contribution in [1.82, 2.24) is 0 Å². The Morgan fingerprint density at radius 1 is 1.16 bits per heavy atom. The maximum Gasteiger partial charge on any atom is 0.339 e. The molecule has 1 rings (SSSR count). The van der Waals surface area contributed by atoms with E-state index in [1.807, 2.05) is 0 Å². The highest BCUT2D eigenvalue weighted by atomic mass is 79.9. The zero-order valence-corrected chi connectivity index (χ0v) is 12.3. The van der Waals surface area contributed by atoms with E-state index < -0.39 is 41.2 Å². The van der Waals surface area contributed by atoms with Crippen molar-refractivity contribution in [2.75, 3.05) is 7.11 Å². The molecule has 8 heteroatoms. The fourth-order valence-electron chi connectivity index (χ4n) is 1.77. The summed E-state index contributed by atoms with van der Waals surface area (Å²) in [6, 6.07) is 0. The van der Waals surface area contributed by atoms with E-state index in [1.165, 1.54) is 21.0 Å². The van der Waals surface area contributed by atoms with Crippen molar-refractivity contribution in [1.29, 1.82) is 0 Å². The van der Waals surface area contributed by atoms with Crippen LogP contribution in [0.5, 0.6) is 0 Å². The summed E-state index contributed by atoms with van der Waals surface area (Å²) < 4.78 is 20.0. The minimum Gasteiger partial charge on any atom is -0.467 e. The number of carbonyl (C=O) groups excluding carboxylic acids is 3. The number of halogens is 1. The Balaban J connectivity index is 2.94. The Morgan fingerprint density at radius 3 is 2.21 bits per heavy atom. The van der Waals surface area contributed by atoms with Crippen molar-refractivity contribution in [3.8, 4) is 0 Å². The maximum atomic E-state index is 11.6. The Bertz CT molecular complexity index is 370. The third-order valence-corrected chi connectivity index (χ3v) is 3.02. The molecule has 0 aromatic rings. The molecule has 0 aliphatic carbocycles. The molecular weight excluding hydrogens is 324 g/mol. The SMILES string of the molecule is COC(=O)C1O[C@H](Br)CC(OC(C)=O)[C@@H]1OC(C)=O. The molecule has 0 bridgehead atoms. The van der Waals surface area contributed by atoms with Crippen LogP contribution in [-0.2, 0) is 33.3 Å². The Kier molecular flexibility index (Phi) is 5.74. The molecule has 0 aromatic heterocycles. The number of hydrogen-bond donors (Lipinski definition) is 0. The predicted octanol–water partition coefficient (Wildman–Crippen LogP) is 0.533. The molecule has 0 aromatic carbocycles. The summed E-state index contributed by atoms with van der Waals surface area (Å²) in [6.07, 6.45) is -2.69. The molecule has 0 amide bonds. The standard InChI is InChI=1S/C11H15BrO7/c1-5(13)17-7-4-8(12)19-10(11(15)16-3)9(7)18-6(2)14/h7-10H,4H2,1-3H3/t7?,8-,9-,10?/m0/s1. The van der Waals surface area contributed by atoms with Crippen molar-refractivity contribution in [3.05, 3.63) is 0 Å². The van der Waals surface area contributed by atoms with Gasteiger partial charge in [-0.1, -0.05) is 15.9 Å². The molecule has 1 aliphatic rings. The van der Waals surface area contributed by atoms with Gasteiger partial charge in [-0.3, -0.25) is 9.59 Å². The highest BCUT2D eigenvalue weighted by Crippen LogP contribution is 2.29. The van der Waals surface area contributed by atoms with Crippen molar-refractivity contribution in [2.24, 2.45) is 0 Å². The van der Waals surface area contributed by atoms with Crippen LogP contribution in [0.15, 0.2) is 0 Å². The van der Waals surface area contributed by atoms with Crippen LogP contribution >= 0.6 is 15.9 Å². The lowest BCUT2D eigenvalue weighted by molar-refractivity contribution is -0.205. The lowest BCUT2D eigenvalue weighted by Gasteiger charge is -2.37. The maximum absolute atomic E-state index is 11.6. The minimum absolute atomic E-state index is 0.255. The highest BCUT2D eigenvalue weighted by molar-refractivity contribution is 9.09. The van der Waals surface area contributed by atoms with Gasteiger partial charge in [-0.2, -0.15) is 0 Å². The van der Waals surface area contributed by atoms with Crippen LogP contribution < -0.4 is 0 Å². The summed E-state index contributed by atoms with van der Waals surface area (Å²) in [7, 11) is 1.19. The first kappa shape index (κ1) is 15.9. The number of ether oxygens (including phenoxy) is 4. The number of carbonyl (C=O) groups is 3. The summed E-state index contributed by atoms with van der Waals surface area (Å²) in [5.41, 5.74) is 0. The van der Waals surface area contributed by atoms with E-state index in [1.54, 1.807) is 0 Å². The third kappa shape index (κ3) is 4.46. The van der Waals surface area contributed by atoms with Crippen LogP contribution in [0.2, 0.25) is 0 Å². The largest absolute Gasteiger partial charge is 0.467 e. The molecule has 0 spiro atoms. The normalized spacial score (nSPS) is 30.3. The number of hydrogen-bond acceptors (Lipinski definition) is 7. The van der Waals surface area contributed by atoms with Crippen molar-refractivity contribution in [2.45, 2.75) is 43.6 Å². The zero-order chi connectivity index (χ0) is 14.6. The van der Waals surface area contributed by atoms with Crippen molar-refractivity contribution >= 4 is 33.8 Å². The molecule has 7 nitrogen and oxygen atoms in total. The summed E-state index contributed by atoms with van der Waals surface area (Å²) in [4.78, 5) is 33.8. The molecule has 19 heavy (non-hydrogen) atoms. The van der Waals surface area contributed by atoms with Gasteiger partial charge < -0.3 is 18.9 Å². The summed E-state index contributed by atoms with van der Waals surface area (Å²) in [5.74, 6) is -1.84. The van der Waals surface area contributed by atoms with Crippen LogP contribution in [-0.4, -0.2) is 48.3 Å². The smallest absolute Gasteiger partial charge is 0.339 e. The fourth-order valence-corrected chi connectivity index (χ4v) is 2.37. The molecule has 4 atom stereocenters. The quantitative estimate of drug-likeness (QED) is 0.421. The Hall–Kier alpha value is -1.15. The lowest BCUT2D eigenvalue weighted by Crippen LogP contribution is -2.54. The number of rotatable bonds is 3. The van der Waals surface area contributed by atoms with E-state index >= 15 is 0 Å². The van der Waals surface area contributed by atoms with Crippen LogP contribution in [0.4, 0.5) is 0 Å². The van der Waals surface area contributed by atoms with Gasteiger partial charge in [0.1, 0.15) is 11.1 Å². The minimum atomic E-state index is -1.14. The molecule has 1 saturated heterocycles. The first-order valence-electron chi connectivity index (χ1n) is 5.57. The topological polar surface area (TPSA) is 88.1 Å². The molecule has 0 saturated carbocycles. The van der Waals surface area contributed by atoms with E-state index in [2.05, 4.69) is 20.7 Å². The van der Waals surface area contributed by atoms with E-state index in [9.17, 15) is 14.4 Å². The van der Waals surface area contributed by atoms with E-state index in [-0.39, 0.29) is 6.42 Å². The summed E-state index contributed by atoms with van der Waals surface area (Å²) in [6.45, 7) is 2.43. The molecular formula is C11H15BrO7. The second kappa shape index (κ2) is 6.85. The first-order chi connectivity index (χ1) is 8.85. The van der Waals surface area contributed by atoms with Gasteiger partial charge in [0.15, 0.2) is 12.2 Å². The van der Waals surface area contributed by atoms with Gasteiger partial charge in [-0.25, -0.2) is 4.79 Å². The zero-order valence-electron chi connectivity index (χ0n) is 10.8. The first-order valence-corrected chi connectivity index (χ1v) is 6.48. The molecule has 1 aliphatic heterocycles. The second-order valence-corrected chi connectivity index (χ2v) is 4.97. The molecule has 108 valence electrons. The van der Waals surface area contributed by atoms with Gasteiger partial charge in [0, 0.05) is 20.3 Å². The average molecular weight is 339 g/mol. The highest BCUT2D eigenvalue weighted by Gasteiger charge is 2.46. The summed E-state index contributed by atoms with van der Waals surface area (Å²) >= 11 is 3.19. The van der Waals surface area contributed by atoms with E-state index in [4.69, 9.17) is 14.2 Å². The van der Waals surface area contributed by atoms with Crippen LogP contribution in [0.25, 0.3) is 0 Å². The predicted molar refractivity (Wildman–Crippen MR) is 65.3 cm³/mol. The van der Waals surface area contributed by atoms with Gasteiger partial charge in [0.2, 0.25) is 0 Å². The van der Waals surface area contributed by atoms with Gasteiger partial charge in [-0.15, -0.1) is 0 Å². The van der Waals surface area contributed by atoms with Crippen molar-refractivity contribution in [3.63, 3.8) is 0 Å². The third-order valence-electron chi connectivity index (χ3n) is 2.43. The van der Waals surface area contributed by atoms with Crippen LogP contribution in [0.3, 0.4) is 0 Å². The number of alkyl halides is 1. The number of esters is 3. The number of methoxy groups -OCH3 is 1. The van der Waals surface area contributed by atoms with E-state index in [0.717, 1.165) is 0 Å². The molecule has 1 fully saturated rings. The molecule has 2 unspecified atom stereocenters. The Morgan fingerprint density at radius 2 is 1.74 bits per heavy atom. The van der Waals surface area contributed by atoms with Gasteiger partial charge >= 0.3 is 17.9 Å².